The number of nitrogens with one attached hydrogen (secondary N) is 1. The van der Waals surface area contributed by atoms with Crippen molar-refractivity contribution in [2.45, 2.75) is 46.0 Å². The molecule has 1 amide bonds. The van der Waals surface area contributed by atoms with Crippen LogP contribution in [0.15, 0.2) is 22.7 Å². The molecule has 0 aromatic heterocycles. The maximum Gasteiger partial charge on any atom is 0.230 e. The number of hydrogen-bond acceptors (Lipinski definition) is 1. The number of rotatable bonds is 2. The van der Waals surface area contributed by atoms with Gasteiger partial charge in [-0.15, -0.1) is 0 Å². The average molecular weight is 310 g/mol. The van der Waals surface area contributed by atoms with E-state index in [1.165, 1.54) is 19.3 Å². The molecular weight excluding hydrogens is 290 g/mol. The van der Waals surface area contributed by atoms with Gasteiger partial charge in [-0.2, -0.15) is 0 Å². The summed E-state index contributed by atoms with van der Waals surface area (Å²) < 4.78 is 1.01. The number of halogens is 1. The Balaban J connectivity index is 2.10. The van der Waals surface area contributed by atoms with Gasteiger partial charge in [-0.25, -0.2) is 0 Å². The van der Waals surface area contributed by atoms with Crippen LogP contribution in [0, 0.1) is 12.3 Å². The molecule has 1 aliphatic rings. The van der Waals surface area contributed by atoms with Gasteiger partial charge in [-0.1, -0.05) is 42.1 Å². The number of carbonyl (C=O) groups is 1. The largest absolute Gasteiger partial charge is 0.326 e. The van der Waals surface area contributed by atoms with Crippen LogP contribution in [0.25, 0.3) is 0 Å². The van der Waals surface area contributed by atoms with E-state index in [1.807, 2.05) is 25.1 Å². The third-order valence-corrected chi connectivity index (χ3v) is 4.26. The zero-order valence-electron chi connectivity index (χ0n) is 11.1. The van der Waals surface area contributed by atoms with Crippen LogP contribution in [0.5, 0.6) is 0 Å². The van der Waals surface area contributed by atoms with Crippen LogP contribution < -0.4 is 5.32 Å². The minimum absolute atomic E-state index is 0.166. The van der Waals surface area contributed by atoms with Gasteiger partial charge in [0.25, 0.3) is 0 Å². The summed E-state index contributed by atoms with van der Waals surface area (Å²) in [6, 6.07) is 6.00. The first-order valence-corrected chi connectivity index (χ1v) is 7.38. The Morgan fingerprint density at radius 3 is 2.50 bits per heavy atom. The van der Waals surface area contributed by atoms with Gasteiger partial charge < -0.3 is 5.32 Å². The molecule has 3 heteroatoms. The van der Waals surface area contributed by atoms with Crippen molar-refractivity contribution in [3.05, 3.63) is 28.2 Å². The number of carbonyl (C=O) groups excluding carboxylic acids is 1. The summed E-state index contributed by atoms with van der Waals surface area (Å²) in [6.07, 6.45) is 5.61. The molecule has 1 aliphatic carbocycles. The van der Waals surface area contributed by atoms with Crippen molar-refractivity contribution >= 4 is 27.5 Å². The molecule has 0 bridgehead atoms. The maximum atomic E-state index is 12.4. The predicted octanol–water partition coefficient (Wildman–Crippen LogP) is 4.67. The second-order valence-electron chi connectivity index (χ2n) is 5.59. The van der Waals surface area contributed by atoms with Gasteiger partial charge in [0.1, 0.15) is 0 Å². The standard InChI is InChI=1S/C15H20BrNO/c1-11-8-12(16)10-13(9-11)17-14(18)15(2)6-4-3-5-7-15/h8-10H,3-7H2,1-2H3,(H,17,18). The monoisotopic (exact) mass is 309 g/mol. The molecule has 0 saturated heterocycles. The zero-order valence-corrected chi connectivity index (χ0v) is 12.6. The number of anilines is 1. The first-order valence-electron chi connectivity index (χ1n) is 6.58. The molecular formula is C15H20BrNO. The lowest BCUT2D eigenvalue weighted by Crippen LogP contribution is -2.35. The van der Waals surface area contributed by atoms with E-state index in [2.05, 4.69) is 28.2 Å². The van der Waals surface area contributed by atoms with Crippen LogP contribution in [0.4, 0.5) is 5.69 Å². The van der Waals surface area contributed by atoms with Crippen molar-refractivity contribution in [1.82, 2.24) is 0 Å². The van der Waals surface area contributed by atoms with Crippen LogP contribution in [0.1, 0.15) is 44.6 Å². The summed E-state index contributed by atoms with van der Waals surface area (Å²) in [5.41, 5.74) is 1.85. The van der Waals surface area contributed by atoms with Crippen molar-refractivity contribution in [2.24, 2.45) is 5.41 Å². The van der Waals surface area contributed by atoms with Crippen molar-refractivity contribution in [2.75, 3.05) is 5.32 Å². The molecule has 0 atom stereocenters. The molecule has 1 fully saturated rings. The van der Waals surface area contributed by atoms with E-state index >= 15 is 0 Å². The fourth-order valence-corrected chi connectivity index (χ4v) is 3.26. The highest BCUT2D eigenvalue weighted by Crippen LogP contribution is 2.36. The molecule has 1 saturated carbocycles. The van der Waals surface area contributed by atoms with E-state index in [1.54, 1.807) is 0 Å². The van der Waals surface area contributed by atoms with Gasteiger partial charge in [0.05, 0.1) is 0 Å². The normalized spacial score (nSPS) is 18.4. The van der Waals surface area contributed by atoms with Gasteiger partial charge in [-0.05, 0) is 43.5 Å². The summed E-state index contributed by atoms with van der Waals surface area (Å²) in [7, 11) is 0. The molecule has 0 unspecified atom stereocenters. The minimum atomic E-state index is -0.186. The molecule has 1 N–H and O–H groups in total. The number of benzene rings is 1. The summed E-state index contributed by atoms with van der Waals surface area (Å²) in [5, 5.41) is 3.06. The smallest absolute Gasteiger partial charge is 0.230 e. The van der Waals surface area contributed by atoms with E-state index in [4.69, 9.17) is 0 Å². The van der Waals surface area contributed by atoms with Crippen LogP contribution in [0.3, 0.4) is 0 Å². The lowest BCUT2D eigenvalue weighted by molar-refractivity contribution is -0.126. The second kappa shape index (κ2) is 5.43. The summed E-state index contributed by atoms with van der Waals surface area (Å²) >= 11 is 3.46. The molecule has 0 aliphatic heterocycles. The third kappa shape index (κ3) is 3.14. The van der Waals surface area contributed by atoms with E-state index < -0.39 is 0 Å². The van der Waals surface area contributed by atoms with Gasteiger partial charge in [0.2, 0.25) is 5.91 Å². The SMILES string of the molecule is Cc1cc(Br)cc(NC(=O)C2(C)CCCCC2)c1. The van der Waals surface area contributed by atoms with Gasteiger partial charge in [-0.3, -0.25) is 4.79 Å². The van der Waals surface area contributed by atoms with Crippen LogP contribution in [0.2, 0.25) is 0 Å². The number of aryl methyl sites for hydroxylation is 1. The minimum Gasteiger partial charge on any atom is -0.326 e. The Morgan fingerprint density at radius 1 is 1.22 bits per heavy atom. The van der Waals surface area contributed by atoms with E-state index in [0.29, 0.717) is 0 Å². The summed E-state index contributed by atoms with van der Waals surface area (Å²) in [4.78, 5) is 12.4. The van der Waals surface area contributed by atoms with Crippen LogP contribution in [-0.2, 0) is 4.79 Å². The molecule has 18 heavy (non-hydrogen) atoms. The van der Waals surface area contributed by atoms with Crippen molar-refractivity contribution in [3.8, 4) is 0 Å². The van der Waals surface area contributed by atoms with Gasteiger partial charge >= 0.3 is 0 Å². The molecule has 0 heterocycles. The highest BCUT2D eigenvalue weighted by atomic mass is 79.9. The van der Waals surface area contributed by atoms with Crippen molar-refractivity contribution < 1.29 is 4.79 Å². The molecule has 0 spiro atoms. The fourth-order valence-electron chi connectivity index (χ4n) is 2.65. The van der Waals surface area contributed by atoms with E-state index in [9.17, 15) is 4.79 Å². The van der Waals surface area contributed by atoms with E-state index in [0.717, 1.165) is 28.6 Å². The average Bonchev–Trinajstić information content (AvgIpc) is 2.28. The second-order valence-corrected chi connectivity index (χ2v) is 6.51. The third-order valence-electron chi connectivity index (χ3n) is 3.81. The predicted molar refractivity (Wildman–Crippen MR) is 78.7 cm³/mol. The molecule has 98 valence electrons. The van der Waals surface area contributed by atoms with Crippen LogP contribution >= 0.6 is 15.9 Å². The topological polar surface area (TPSA) is 29.1 Å². The lowest BCUT2D eigenvalue weighted by Gasteiger charge is -2.32. The Morgan fingerprint density at radius 2 is 1.89 bits per heavy atom. The first-order chi connectivity index (χ1) is 8.49. The fraction of sp³-hybridized carbons (Fsp3) is 0.533. The Hall–Kier alpha value is -0.830. The Bertz CT molecular complexity index is 430. The van der Waals surface area contributed by atoms with Crippen molar-refractivity contribution in [1.29, 1.82) is 0 Å². The molecule has 0 radical (unpaired) electrons. The van der Waals surface area contributed by atoms with Crippen LogP contribution in [-0.4, -0.2) is 5.91 Å². The maximum absolute atomic E-state index is 12.4. The Labute approximate surface area is 117 Å². The van der Waals surface area contributed by atoms with E-state index in [-0.39, 0.29) is 11.3 Å². The highest BCUT2D eigenvalue weighted by molar-refractivity contribution is 9.10. The lowest BCUT2D eigenvalue weighted by atomic mass is 9.75. The number of hydrogen-bond donors (Lipinski definition) is 1. The summed E-state index contributed by atoms with van der Waals surface area (Å²) in [5.74, 6) is 0.166. The summed E-state index contributed by atoms with van der Waals surface area (Å²) in [6.45, 7) is 4.12. The molecule has 2 rings (SSSR count). The number of amides is 1. The van der Waals surface area contributed by atoms with Gasteiger partial charge in [0.15, 0.2) is 0 Å². The molecule has 2 nitrogen and oxygen atoms in total. The quantitative estimate of drug-likeness (QED) is 0.845. The first kappa shape index (κ1) is 13.6. The van der Waals surface area contributed by atoms with Crippen molar-refractivity contribution in [3.63, 3.8) is 0 Å². The molecule has 1 aromatic rings. The highest BCUT2D eigenvalue weighted by Gasteiger charge is 2.34. The zero-order chi connectivity index (χ0) is 13.2. The molecule has 1 aromatic carbocycles. The van der Waals surface area contributed by atoms with Gasteiger partial charge in [0, 0.05) is 15.6 Å². The Kier molecular flexibility index (Phi) is 4.10.